The fourth-order valence-electron chi connectivity index (χ4n) is 2.73. The van der Waals surface area contributed by atoms with E-state index in [2.05, 4.69) is 0 Å². The zero-order valence-electron chi connectivity index (χ0n) is 7.38. The molecule has 1 spiro atoms. The fraction of sp³-hybridized carbons (Fsp3) is 0.900. The molecule has 0 aromatic carbocycles. The van der Waals surface area contributed by atoms with Crippen molar-refractivity contribution < 1.29 is 9.90 Å². The van der Waals surface area contributed by atoms with Gasteiger partial charge in [-0.05, 0) is 31.1 Å². The van der Waals surface area contributed by atoms with Gasteiger partial charge in [0.2, 0.25) is 0 Å². The Hall–Kier alpha value is -0.370. The van der Waals surface area contributed by atoms with Gasteiger partial charge in [0.05, 0.1) is 6.10 Å². The number of Topliss-reactive ketones (excluding diaryl/α,β-unsaturated/α-hetero) is 1. The molecule has 2 aliphatic carbocycles. The van der Waals surface area contributed by atoms with E-state index in [1.54, 1.807) is 0 Å². The summed E-state index contributed by atoms with van der Waals surface area (Å²) in [6.07, 6.45) is 6.41. The van der Waals surface area contributed by atoms with Crippen molar-refractivity contribution in [3.63, 3.8) is 0 Å². The second-order valence-corrected chi connectivity index (χ2v) is 4.31. The zero-order valence-corrected chi connectivity index (χ0v) is 7.38. The molecule has 0 heterocycles. The third-order valence-electron chi connectivity index (χ3n) is 3.66. The van der Waals surface area contributed by atoms with Crippen LogP contribution in [-0.2, 0) is 4.79 Å². The first kappa shape index (κ1) is 8.24. The molecule has 0 amide bonds. The molecule has 0 saturated heterocycles. The standard InChI is InChI=1S/C10H16O2/c11-8-3-6-10(7-4-8)5-1-2-9(10)12/h9,12H,1-7H2. The number of aliphatic hydroxyl groups is 1. The maximum Gasteiger partial charge on any atom is 0.132 e. The van der Waals surface area contributed by atoms with Gasteiger partial charge in [-0.15, -0.1) is 0 Å². The topological polar surface area (TPSA) is 37.3 Å². The summed E-state index contributed by atoms with van der Waals surface area (Å²) in [6.45, 7) is 0. The highest BCUT2D eigenvalue weighted by Crippen LogP contribution is 2.48. The Bertz CT molecular complexity index is 188. The predicted octanol–water partition coefficient (Wildman–Crippen LogP) is 1.66. The van der Waals surface area contributed by atoms with Gasteiger partial charge in [-0.25, -0.2) is 0 Å². The Balaban J connectivity index is 2.06. The molecule has 2 fully saturated rings. The van der Waals surface area contributed by atoms with Crippen molar-refractivity contribution in [2.75, 3.05) is 0 Å². The number of rotatable bonds is 0. The van der Waals surface area contributed by atoms with Crippen LogP contribution in [-0.4, -0.2) is 17.0 Å². The molecular formula is C10H16O2. The van der Waals surface area contributed by atoms with Crippen LogP contribution in [0.15, 0.2) is 0 Å². The number of carbonyl (C=O) groups excluding carboxylic acids is 1. The monoisotopic (exact) mass is 168 g/mol. The number of aliphatic hydroxyl groups excluding tert-OH is 1. The summed E-state index contributed by atoms with van der Waals surface area (Å²) < 4.78 is 0. The van der Waals surface area contributed by atoms with E-state index in [-0.39, 0.29) is 11.5 Å². The molecule has 2 rings (SSSR count). The van der Waals surface area contributed by atoms with Gasteiger partial charge in [-0.2, -0.15) is 0 Å². The molecule has 1 N–H and O–H groups in total. The molecule has 0 bridgehead atoms. The summed E-state index contributed by atoms with van der Waals surface area (Å²) in [4.78, 5) is 11.0. The minimum Gasteiger partial charge on any atom is -0.393 e. The van der Waals surface area contributed by atoms with Crippen LogP contribution in [0.5, 0.6) is 0 Å². The summed E-state index contributed by atoms with van der Waals surface area (Å²) in [5.74, 6) is 0.389. The highest BCUT2D eigenvalue weighted by Gasteiger charge is 2.43. The Kier molecular flexibility index (Phi) is 1.95. The van der Waals surface area contributed by atoms with E-state index in [9.17, 15) is 9.90 Å². The SMILES string of the molecule is O=C1CCC2(CCCC2O)CC1. The van der Waals surface area contributed by atoms with Gasteiger partial charge in [-0.3, -0.25) is 4.79 Å². The third-order valence-corrected chi connectivity index (χ3v) is 3.66. The number of hydrogen-bond acceptors (Lipinski definition) is 2. The lowest BCUT2D eigenvalue weighted by atomic mass is 9.71. The quantitative estimate of drug-likeness (QED) is 0.597. The Morgan fingerprint density at radius 1 is 1.25 bits per heavy atom. The first-order chi connectivity index (χ1) is 5.73. The van der Waals surface area contributed by atoms with Crippen molar-refractivity contribution in [3.05, 3.63) is 0 Å². The molecule has 0 aromatic heterocycles. The molecule has 1 unspecified atom stereocenters. The predicted molar refractivity (Wildman–Crippen MR) is 45.8 cm³/mol. The van der Waals surface area contributed by atoms with Gasteiger partial charge in [-0.1, -0.05) is 6.42 Å². The summed E-state index contributed by atoms with van der Waals surface area (Å²) in [5.41, 5.74) is 0.147. The van der Waals surface area contributed by atoms with Crippen LogP contribution >= 0.6 is 0 Å². The number of ketones is 1. The van der Waals surface area contributed by atoms with Crippen molar-refractivity contribution in [2.45, 2.75) is 51.0 Å². The van der Waals surface area contributed by atoms with Gasteiger partial charge in [0.15, 0.2) is 0 Å². The van der Waals surface area contributed by atoms with Crippen LogP contribution in [0.3, 0.4) is 0 Å². The van der Waals surface area contributed by atoms with Crippen molar-refractivity contribution in [1.82, 2.24) is 0 Å². The average molecular weight is 168 g/mol. The minimum absolute atomic E-state index is 0.120. The largest absolute Gasteiger partial charge is 0.393 e. The third kappa shape index (κ3) is 1.18. The molecule has 0 aliphatic heterocycles. The molecule has 1 atom stereocenters. The van der Waals surface area contributed by atoms with Gasteiger partial charge in [0, 0.05) is 12.8 Å². The van der Waals surface area contributed by atoms with E-state index in [1.165, 1.54) is 0 Å². The lowest BCUT2D eigenvalue weighted by Crippen LogP contribution is -2.34. The Morgan fingerprint density at radius 3 is 2.42 bits per heavy atom. The lowest BCUT2D eigenvalue weighted by Gasteiger charge is -2.35. The Labute approximate surface area is 73.0 Å². The van der Waals surface area contributed by atoms with Crippen LogP contribution in [0.25, 0.3) is 0 Å². The van der Waals surface area contributed by atoms with E-state index in [0.717, 1.165) is 32.1 Å². The van der Waals surface area contributed by atoms with Crippen molar-refractivity contribution >= 4 is 5.78 Å². The normalized spacial score (nSPS) is 34.4. The van der Waals surface area contributed by atoms with E-state index < -0.39 is 0 Å². The molecule has 68 valence electrons. The molecule has 2 nitrogen and oxygen atoms in total. The molecule has 12 heavy (non-hydrogen) atoms. The van der Waals surface area contributed by atoms with Crippen LogP contribution < -0.4 is 0 Å². The lowest BCUT2D eigenvalue weighted by molar-refractivity contribution is -0.123. The van der Waals surface area contributed by atoms with Crippen molar-refractivity contribution in [3.8, 4) is 0 Å². The molecule has 2 saturated carbocycles. The molecule has 0 aromatic rings. The molecular weight excluding hydrogens is 152 g/mol. The first-order valence-electron chi connectivity index (χ1n) is 4.93. The van der Waals surface area contributed by atoms with Gasteiger partial charge in [0.25, 0.3) is 0 Å². The molecule has 0 radical (unpaired) electrons. The van der Waals surface area contributed by atoms with Gasteiger partial charge < -0.3 is 5.11 Å². The first-order valence-corrected chi connectivity index (χ1v) is 4.93. The zero-order chi connectivity index (χ0) is 8.60. The summed E-state index contributed by atoms with van der Waals surface area (Å²) in [6, 6.07) is 0. The summed E-state index contributed by atoms with van der Waals surface area (Å²) >= 11 is 0. The highest BCUT2D eigenvalue weighted by molar-refractivity contribution is 5.79. The van der Waals surface area contributed by atoms with Crippen LogP contribution in [0.4, 0.5) is 0 Å². The van der Waals surface area contributed by atoms with E-state index in [1.807, 2.05) is 0 Å². The maximum atomic E-state index is 11.0. The molecule has 2 aliphatic rings. The average Bonchev–Trinajstić information content (AvgIpc) is 2.41. The summed E-state index contributed by atoms with van der Waals surface area (Å²) in [5, 5.41) is 9.78. The second-order valence-electron chi connectivity index (χ2n) is 4.31. The second kappa shape index (κ2) is 2.84. The van der Waals surface area contributed by atoms with Gasteiger partial charge >= 0.3 is 0 Å². The highest BCUT2D eigenvalue weighted by atomic mass is 16.3. The minimum atomic E-state index is -0.120. The Morgan fingerprint density at radius 2 is 1.92 bits per heavy atom. The molecule has 2 heteroatoms. The smallest absolute Gasteiger partial charge is 0.132 e. The van der Waals surface area contributed by atoms with Crippen LogP contribution in [0.1, 0.15) is 44.9 Å². The van der Waals surface area contributed by atoms with Crippen LogP contribution in [0.2, 0.25) is 0 Å². The van der Waals surface area contributed by atoms with Crippen molar-refractivity contribution in [1.29, 1.82) is 0 Å². The fourth-order valence-corrected chi connectivity index (χ4v) is 2.73. The van der Waals surface area contributed by atoms with E-state index in [0.29, 0.717) is 18.6 Å². The van der Waals surface area contributed by atoms with E-state index in [4.69, 9.17) is 0 Å². The van der Waals surface area contributed by atoms with E-state index >= 15 is 0 Å². The maximum absolute atomic E-state index is 11.0. The van der Waals surface area contributed by atoms with Gasteiger partial charge in [0.1, 0.15) is 5.78 Å². The number of hydrogen-bond donors (Lipinski definition) is 1. The van der Waals surface area contributed by atoms with Crippen LogP contribution in [0, 0.1) is 5.41 Å². The number of carbonyl (C=O) groups is 1. The summed E-state index contributed by atoms with van der Waals surface area (Å²) in [7, 11) is 0. The van der Waals surface area contributed by atoms with Crippen molar-refractivity contribution in [2.24, 2.45) is 5.41 Å².